The zero-order chi connectivity index (χ0) is 37.1. The Bertz CT molecular complexity index is 3040. The summed E-state index contributed by atoms with van der Waals surface area (Å²) in [4.78, 5) is 10.7. The minimum atomic E-state index is -0.503. The number of nitrogens with zero attached hydrogens (tertiary/aromatic N) is 2. The highest BCUT2D eigenvalue weighted by Crippen LogP contribution is 2.56. The predicted molar refractivity (Wildman–Crippen MR) is 234 cm³/mol. The molecule has 8 aromatic carbocycles. The maximum atomic E-state index is 5.34. The van der Waals surface area contributed by atoms with Crippen molar-refractivity contribution in [3.05, 3.63) is 229 Å². The van der Waals surface area contributed by atoms with Crippen molar-refractivity contribution in [1.29, 1.82) is 0 Å². The molecule has 56 heavy (non-hydrogen) atoms. The molecule has 262 valence electrons. The van der Waals surface area contributed by atoms with Crippen LogP contribution in [0, 0.1) is 0 Å². The van der Waals surface area contributed by atoms with E-state index in [1.807, 2.05) is 17.4 Å². The van der Waals surface area contributed by atoms with Gasteiger partial charge in [0.2, 0.25) is 0 Å². The monoisotopic (exact) mass is 730 g/mol. The first-order chi connectivity index (χ1) is 27.8. The fourth-order valence-corrected chi connectivity index (χ4v) is 10.1. The number of aromatic nitrogens is 2. The fourth-order valence-electron chi connectivity index (χ4n) is 8.99. The lowest BCUT2D eigenvalue weighted by Gasteiger charge is -2.34. The molecule has 0 amide bonds. The molecular weight excluding hydrogens is 697 g/mol. The normalized spacial score (nSPS) is 12.8. The summed E-state index contributed by atoms with van der Waals surface area (Å²) < 4.78 is 2.58. The van der Waals surface area contributed by atoms with E-state index in [-0.39, 0.29) is 0 Å². The standard InChI is InChI=1S/C53H34N2S/c1-4-17-35(18-5-1)52-54-47(34-48(55-52)42-25-11-10-23-39(42)43-27-16-30-50-51(43)44-26-13-15-29-49(44)56-50)36-31-32-41-40-24-12-14-28-45(40)53(46(41)33-36,37-19-6-2-7-20-37)38-21-8-3-9-22-38/h1-34H. The molecule has 11 rings (SSSR count). The van der Waals surface area contributed by atoms with Gasteiger partial charge in [-0.05, 0) is 68.8 Å². The molecule has 0 atom stereocenters. The molecule has 1 aliphatic carbocycles. The minimum Gasteiger partial charge on any atom is -0.228 e. The van der Waals surface area contributed by atoms with Crippen molar-refractivity contribution in [3.63, 3.8) is 0 Å². The lowest BCUT2D eigenvalue weighted by molar-refractivity contribution is 0.768. The van der Waals surface area contributed by atoms with Gasteiger partial charge in [-0.25, -0.2) is 9.97 Å². The smallest absolute Gasteiger partial charge is 0.160 e. The van der Waals surface area contributed by atoms with Crippen molar-refractivity contribution in [1.82, 2.24) is 9.97 Å². The van der Waals surface area contributed by atoms with E-state index in [0.29, 0.717) is 5.82 Å². The zero-order valence-electron chi connectivity index (χ0n) is 30.4. The number of thiophene rings is 1. The number of benzene rings is 8. The lowest BCUT2D eigenvalue weighted by atomic mass is 9.67. The molecule has 0 radical (unpaired) electrons. The van der Waals surface area contributed by atoms with E-state index in [1.54, 1.807) is 0 Å². The summed E-state index contributed by atoms with van der Waals surface area (Å²) in [5, 5.41) is 2.57. The lowest BCUT2D eigenvalue weighted by Crippen LogP contribution is -2.28. The highest BCUT2D eigenvalue weighted by atomic mass is 32.1. The molecule has 3 heteroatoms. The molecule has 0 N–H and O–H groups in total. The van der Waals surface area contributed by atoms with Gasteiger partial charge in [-0.15, -0.1) is 11.3 Å². The summed E-state index contributed by atoms with van der Waals surface area (Å²) in [5.41, 5.74) is 14.3. The Kier molecular flexibility index (Phi) is 7.61. The van der Waals surface area contributed by atoms with Gasteiger partial charge >= 0.3 is 0 Å². The van der Waals surface area contributed by atoms with Crippen molar-refractivity contribution in [2.45, 2.75) is 5.41 Å². The molecule has 0 saturated carbocycles. The molecule has 10 aromatic rings. The SMILES string of the molecule is c1ccc(-c2nc(-c3ccc4c(c3)C(c3ccccc3)(c3ccccc3)c3ccccc3-4)cc(-c3ccccc3-c3cccc4sc5ccccc5c34)n2)cc1. The first-order valence-electron chi connectivity index (χ1n) is 19.1. The van der Waals surface area contributed by atoms with Crippen molar-refractivity contribution < 1.29 is 0 Å². The summed E-state index contributed by atoms with van der Waals surface area (Å²) >= 11 is 1.85. The fraction of sp³-hybridized carbons (Fsp3) is 0.0189. The van der Waals surface area contributed by atoms with Gasteiger partial charge in [-0.2, -0.15) is 0 Å². The van der Waals surface area contributed by atoms with Crippen LogP contribution in [0.5, 0.6) is 0 Å². The van der Waals surface area contributed by atoms with E-state index in [4.69, 9.17) is 9.97 Å². The third-order valence-electron chi connectivity index (χ3n) is 11.4. The molecule has 2 nitrogen and oxygen atoms in total. The molecule has 0 unspecified atom stereocenters. The largest absolute Gasteiger partial charge is 0.228 e. The van der Waals surface area contributed by atoms with Crippen molar-refractivity contribution >= 4 is 31.5 Å². The molecule has 2 heterocycles. The van der Waals surface area contributed by atoms with Crippen molar-refractivity contribution in [3.8, 4) is 56.2 Å². The minimum absolute atomic E-state index is 0.503. The van der Waals surface area contributed by atoms with E-state index in [2.05, 4.69) is 200 Å². The van der Waals surface area contributed by atoms with Crippen LogP contribution in [0.2, 0.25) is 0 Å². The summed E-state index contributed by atoms with van der Waals surface area (Å²) in [5.74, 6) is 0.702. The Labute approximate surface area is 330 Å². The quantitative estimate of drug-likeness (QED) is 0.170. The number of rotatable bonds is 6. The maximum absolute atomic E-state index is 5.34. The van der Waals surface area contributed by atoms with Crippen molar-refractivity contribution in [2.24, 2.45) is 0 Å². The van der Waals surface area contributed by atoms with E-state index < -0.39 is 5.41 Å². The summed E-state index contributed by atoms with van der Waals surface area (Å²) in [6.45, 7) is 0. The first kappa shape index (κ1) is 32.5. The molecule has 1 aliphatic rings. The Hall–Kier alpha value is -6.94. The van der Waals surface area contributed by atoms with Crippen LogP contribution in [0.25, 0.3) is 76.3 Å². The van der Waals surface area contributed by atoms with Gasteiger partial charge in [0.1, 0.15) is 0 Å². The summed E-state index contributed by atoms with van der Waals surface area (Å²) in [6.07, 6.45) is 0. The van der Waals surface area contributed by atoms with E-state index in [9.17, 15) is 0 Å². The summed E-state index contributed by atoms with van der Waals surface area (Å²) in [6, 6.07) is 74.4. The van der Waals surface area contributed by atoms with Crippen LogP contribution in [-0.4, -0.2) is 9.97 Å². The second kappa shape index (κ2) is 13.1. The molecule has 0 spiro atoms. The Balaban J connectivity index is 1.16. The molecule has 2 aromatic heterocycles. The molecule has 0 fully saturated rings. The van der Waals surface area contributed by atoms with Crippen LogP contribution < -0.4 is 0 Å². The van der Waals surface area contributed by atoms with Gasteiger partial charge in [0.15, 0.2) is 5.82 Å². The second-order valence-electron chi connectivity index (χ2n) is 14.4. The Morgan fingerprint density at radius 2 is 0.929 bits per heavy atom. The average molecular weight is 731 g/mol. The third-order valence-corrected chi connectivity index (χ3v) is 12.5. The highest BCUT2D eigenvalue weighted by molar-refractivity contribution is 7.25. The molecule has 0 bridgehead atoms. The van der Waals surface area contributed by atoms with Gasteiger partial charge < -0.3 is 0 Å². The Morgan fingerprint density at radius 1 is 0.357 bits per heavy atom. The summed E-state index contributed by atoms with van der Waals surface area (Å²) in [7, 11) is 0. The second-order valence-corrected chi connectivity index (χ2v) is 15.5. The van der Waals surface area contributed by atoms with Crippen LogP contribution in [0.4, 0.5) is 0 Å². The maximum Gasteiger partial charge on any atom is 0.160 e. The van der Waals surface area contributed by atoms with E-state index >= 15 is 0 Å². The molecule has 0 aliphatic heterocycles. The van der Waals surface area contributed by atoms with E-state index in [1.165, 1.54) is 59.1 Å². The highest BCUT2D eigenvalue weighted by Gasteiger charge is 2.46. The van der Waals surface area contributed by atoms with Gasteiger partial charge in [-0.1, -0.05) is 182 Å². The van der Waals surface area contributed by atoms with Gasteiger partial charge in [0.25, 0.3) is 0 Å². The average Bonchev–Trinajstić information content (AvgIpc) is 3.81. The van der Waals surface area contributed by atoms with Crippen LogP contribution in [0.15, 0.2) is 206 Å². The first-order valence-corrected chi connectivity index (χ1v) is 19.9. The van der Waals surface area contributed by atoms with Crippen LogP contribution >= 0.6 is 11.3 Å². The van der Waals surface area contributed by atoms with Crippen LogP contribution in [-0.2, 0) is 5.41 Å². The van der Waals surface area contributed by atoms with Gasteiger partial charge in [-0.3, -0.25) is 0 Å². The third kappa shape index (κ3) is 5.02. The number of hydrogen-bond donors (Lipinski definition) is 0. The van der Waals surface area contributed by atoms with Gasteiger partial charge in [0, 0.05) is 36.9 Å². The van der Waals surface area contributed by atoms with E-state index in [0.717, 1.165) is 33.6 Å². The molecule has 0 saturated heterocycles. The van der Waals surface area contributed by atoms with Crippen molar-refractivity contribution in [2.75, 3.05) is 0 Å². The van der Waals surface area contributed by atoms with Crippen LogP contribution in [0.3, 0.4) is 0 Å². The van der Waals surface area contributed by atoms with Gasteiger partial charge in [0.05, 0.1) is 16.8 Å². The predicted octanol–water partition coefficient (Wildman–Crippen LogP) is 13.9. The topological polar surface area (TPSA) is 25.8 Å². The molecular formula is C53H34N2S. The number of hydrogen-bond acceptors (Lipinski definition) is 3. The Morgan fingerprint density at radius 3 is 1.70 bits per heavy atom. The zero-order valence-corrected chi connectivity index (χ0v) is 31.2. The van der Waals surface area contributed by atoms with Crippen LogP contribution in [0.1, 0.15) is 22.3 Å². The number of fused-ring (bicyclic) bond motifs is 6.